The molecule has 8 heteroatoms. The molecule has 1 aliphatic carbocycles. The third-order valence-electron chi connectivity index (χ3n) is 6.72. The predicted octanol–water partition coefficient (Wildman–Crippen LogP) is 3.15. The van der Waals surface area contributed by atoms with E-state index < -0.39 is 0 Å². The zero-order chi connectivity index (χ0) is 20.8. The number of hydrogen-bond acceptors (Lipinski definition) is 4. The molecule has 0 spiro atoms. The summed E-state index contributed by atoms with van der Waals surface area (Å²) < 4.78 is 0. The molecule has 1 amide bonds. The van der Waals surface area contributed by atoms with Gasteiger partial charge in [0, 0.05) is 57.9 Å². The molecule has 1 aromatic rings. The average Bonchev–Trinajstić information content (AvgIpc) is 3.49. The molecule has 7 nitrogen and oxygen atoms in total. The molecule has 1 aromatic heterocycles. The van der Waals surface area contributed by atoms with E-state index in [0.29, 0.717) is 12.5 Å². The third-order valence-corrected chi connectivity index (χ3v) is 6.72. The van der Waals surface area contributed by atoms with Gasteiger partial charge in [0.15, 0.2) is 5.96 Å². The van der Waals surface area contributed by atoms with Crippen molar-refractivity contribution in [2.45, 2.75) is 64.0 Å². The minimum absolute atomic E-state index is 0. The van der Waals surface area contributed by atoms with Crippen LogP contribution in [0, 0.1) is 5.92 Å². The van der Waals surface area contributed by atoms with Crippen LogP contribution in [-0.4, -0.2) is 61.0 Å². The number of nitrogens with zero attached hydrogens (tertiary/aromatic N) is 4. The van der Waals surface area contributed by atoms with E-state index in [1.807, 2.05) is 6.20 Å². The topological polar surface area (TPSA) is 72.9 Å². The summed E-state index contributed by atoms with van der Waals surface area (Å²) in [4.78, 5) is 26.1. The molecule has 0 bridgehead atoms. The van der Waals surface area contributed by atoms with Gasteiger partial charge in [-0.15, -0.1) is 24.0 Å². The number of likely N-dealkylation sites (tertiary alicyclic amines) is 1. The first-order valence-corrected chi connectivity index (χ1v) is 11.7. The van der Waals surface area contributed by atoms with Crippen LogP contribution in [0.1, 0.15) is 56.9 Å². The van der Waals surface area contributed by atoms with Crippen LogP contribution in [0.15, 0.2) is 23.3 Å². The van der Waals surface area contributed by atoms with Crippen LogP contribution in [0.25, 0.3) is 0 Å². The number of aliphatic imine (C=N–C) groups is 1. The molecule has 3 aliphatic rings. The highest BCUT2D eigenvalue weighted by atomic mass is 127. The monoisotopic (exact) mass is 540 g/mol. The molecular weight excluding hydrogens is 503 g/mol. The fourth-order valence-electron chi connectivity index (χ4n) is 4.95. The zero-order valence-corrected chi connectivity index (χ0v) is 21.0. The number of guanidine groups is 1. The number of anilines is 1. The minimum Gasteiger partial charge on any atom is -0.357 e. The fourth-order valence-corrected chi connectivity index (χ4v) is 4.95. The van der Waals surface area contributed by atoms with Gasteiger partial charge in [0.05, 0.1) is 0 Å². The number of aromatic nitrogens is 1. The lowest BCUT2D eigenvalue weighted by Gasteiger charge is -2.28. The fraction of sp³-hybridized carbons (Fsp3) is 0.696. The lowest BCUT2D eigenvalue weighted by Crippen LogP contribution is -2.45. The van der Waals surface area contributed by atoms with Gasteiger partial charge in [-0.2, -0.15) is 0 Å². The van der Waals surface area contributed by atoms with Crippen molar-refractivity contribution in [1.82, 2.24) is 20.5 Å². The Bertz CT molecular complexity index is 745. The number of rotatable bonds is 5. The Morgan fingerprint density at radius 3 is 2.65 bits per heavy atom. The van der Waals surface area contributed by atoms with Crippen molar-refractivity contribution in [2.24, 2.45) is 10.9 Å². The number of amides is 1. The van der Waals surface area contributed by atoms with Crippen LogP contribution in [0.5, 0.6) is 0 Å². The van der Waals surface area contributed by atoms with Gasteiger partial charge >= 0.3 is 0 Å². The summed E-state index contributed by atoms with van der Waals surface area (Å²) in [5, 5.41) is 6.94. The normalized spacial score (nSPS) is 22.4. The van der Waals surface area contributed by atoms with Crippen LogP contribution in [-0.2, 0) is 11.3 Å². The van der Waals surface area contributed by atoms with Gasteiger partial charge in [-0.25, -0.2) is 4.98 Å². The van der Waals surface area contributed by atoms with Gasteiger partial charge < -0.3 is 20.4 Å². The number of carbonyl (C=O) groups excluding carboxylic acids is 1. The lowest BCUT2D eigenvalue weighted by atomic mass is 10.1. The predicted molar refractivity (Wildman–Crippen MR) is 136 cm³/mol. The second-order valence-electron chi connectivity index (χ2n) is 8.89. The summed E-state index contributed by atoms with van der Waals surface area (Å²) in [5.74, 6) is 2.50. The van der Waals surface area contributed by atoms with Gasteiger partial charge in [0.25, 0.3) is 0 Å². The second-order valence-corrected chi connectivity index (χ2v) is 8.89. The summed E-state index contributed by atoms with van der Waals surface area (Å²) in [7, 11) is 1.80. The molecular formula is C23H37IN6O. The first-order valence-electron chi connectivity index (χ1n) is 11.7. The van der Waals surface area contributed by atoms with Crippen LogP contribution in [0.3, 0.4) is 0 Å². The highest BCUT2D eigenvalue weighted by molar-refractivity contribution is 14.0. The largest absolute Gasteiger partial charge is 0.357 e. The Hall–Kier alpha value is -1.58. The van der Waals surface area contributed by atoms with E-state index in [0.717, 1.165) is 57.2 Å². The summed E-state index contributed by atoms with van der Waals surface area (Å²) in [5.41, 5.74) is 1.21. The van der Waals surface area contributed by atoms with Gasteiger partial charge in [0.2, 0.25) is 5.91 Å². The molecule has 4 rings (SSSR count). The molecule has 1 unspecified atom stereocenters. The summed E-state index contributed by atoms with van der Waals surface area (Å²) in [6.07, 6.45) is 11.3. The number of piperidine rings is 1. The molecule has 0 aromatic carbocycles. The number of carbonyl (C=O) groups is 1. The van der Waals surface area contributed by atoms with Crippen LogP contribution in [0.4, 0.5) is 5.82 Å². The lowest BCUT2D eigenvalue weighted by molar-refractivity contribution is -0.134. The van der Waals surface area contributed by atoms with Crippen molar-refractivity contribution in [3.63, 3.8) is 0 Å². The molecule has 3 fully saturated rings. The summed E-state index contributed by atoms with van der Waals surface area (Å²) >= 11 is 0. The van der Waals surface area contributed by atoms with E-state index in [4.69, 9.17) is 0 Å². The molecule has 3 heterocycles. The van der Waals surface area contributed by atoms with E-state index in [2.05, 4.69) is 42.5 Å². The highest BCUT2D eigenvalue weighted by Gasteiger charge is 2.32. The smallest absolute Gasteiger partial charge is 0.225 e. The number of halogens is 1. The minimum atomic E-state index is 0. The quantitative estimate of drug-likeness (QED) is 0.341. The molecule has 31 heavy (non-hydrogen) atoms. The van der Waals surface area contributed by atoms with Gasteiger partial charge in [0.1, 0.15) is 5.82 Å². The Morgan fingerprint density at radius 2 is 1.90 bits per heavy atom. The highest BCUT2D eigenvalue weighted by Crippen LogP contribution is 2.27. The summed E-state index contributed by atoms with van der Waals surface area (Å²) in [6, 6.07) is 4.51. The van der Waals surface area contributed by atoms with Crippen molar-refractivity contribution in [1.29, 1.82) is 0 Å². The van der Waals surface area contributed by atoms with Crippen molar-refractivity contribution < 1.29 is 4.79 Å². The second kappa shape index (κ2) is 11.9. The van der Waals surface area contributed by atoms with E-state index in [1.54, 1.807) is 7.05 Å². The van der Waals surface area contributed by atoms with E-state index >= 15 is 0 Å². The standard InChI is InChI=1S/C23H36N6O.HI/c1-24-23(27-20-10-14-29(17-20)22(30)19-7-3-4-8-19)26-16-18-9-11-25-21(15-18)28-12-5-2-6-13-28;/h9,11,15,19-20H,2-8,10,12-14,16-17H2,1H3,(H2,24,26,27);1H. The first kappa shape index (κ1) is 24.1. The molecule has 172 valence electrons. The maximum absolute atomic E-state index is 12.7. The van der Waals surface area contributed by atoms with Crippen molar-refractivity contribution >= 4 is 41.7 Å². The SMILES string of the molecule is CN=C(NCc1ccnc(N2CCCCC2)c1)NC1CCN(C(=O)C2CCCC2)C1.I. The van der Waals surface area contributed by atoms with Gasteiger partial charge in [-0.3, -0.25) is 9.79 Å². The maximum Gasteiger partial charge on any atom is 0.225 e. The van der Waals surface area contributed by atoms with Crippen LogP contribution >= 0.6 is 24.0 Å². The Balaban J connectivity index is 0.00000272. The van der Waals surface area contributed by atoms with Gasteiger partial charge in [-0.1, -0.05) is 12.8 Å². The number of pyridine rings is 1. The van der Waals surface area contributed by atoms with Crippen LogP contribution in [0.2, 0.25) is 0 Å². The van der Waals surface area contributed by atoms with E-state index in [9.17, 15) is 4.79 Å². The van der Waals surface area contributed by atoms with E-state index in [1.165, 1.54) is 37.7 Å². The van der Waals surface area contributed by atoms with Crippen molar-refractivity contribution in [3.05, 3.63) is 23.9 Å². The summed E-state index contributed by atoms with van der Waals surface area (Å²) in [6.45, 7) is 4.55. The van der Waals surface area contributed by atoms with Gasteiger partial charge in [-0.05, 0) is 56.2 Å². The zero-order valence-electron chi connectivity index (χ0n) is 18.7. The number of nitrogens with one attached hydrogen (secondary N) is 2. The molecule has 1 saturated carbocycles. The molecule has 2 saturated heterocycles. The van der Waals surface area contributed by atoms with Crippen molar-refractivity contribution in [3.8, 4) is 0 Å². The van der Waals surface area contributed by atoms with Crippen molar-refractivity contribution in [2.75, 3.05) is 38.1 Å². The molecule has 0 radical (unpaired) electrons. The Labute approximate surface area is 203 Å². The van der Waals surface area contributed by atoms with Crippen LogP contribution < -0.4 is 15.5 Å². The third kappa shape index (κ3) is 6.46. The Kier molecular flexibility index (Phi) is 9.22. The molecule has 1 atom stereocenters. The molecule has 2 aliphatic heterocycles. The maximum atomic E-state index is 12.7. The average molecular weight is 540 g/mol. The Morgan fingerprint density at radius 1 is 1.13 bits per heavy atom. The number of hydrogen-bond donors (Lipinski definition) is 2. The molecule has 2 N–H and O–H groups in total. The first-order chi connectivity index (χ1) is 14.7. The van der Waals surface area contributed by atoms with E-state index in [-0.39, 0.29) is 35.9 Å².